The summed E-state index contributed by atoms with van der Waals surface area (Å²) in [6, 6.07) is 22.5. The van der Waals surface area contributed by atoms with E-state index >= 15 is 0 Å². The highest BCUT2D eigenvalue weighted by Gasteiger charge is 2.31. The topological polar surface area (TPSA) is 64.6 Å². The zero-order valence-electron chi connectivity index (χ0n) is 19.5. The summed E-state index contributed by atoms with van der Waals surface area (Å²) in [7, 11) is 0. The minimum atomic E-state index is -0.893. The summed E-state index contributed by atoms with van der Waals surface area (Å²) in [6.45, 7) is 5.54. The van der Waals surface area contributed by atoms with Gasteiger partial charge in [0.2, 0.25) is 0 Å². The van der Waals surface area contributed by atoms with Crippen LogP contribution in [0.15, 0.2) is 72.8 Å². The second kappa shape index (κ2) is 9.90. The first-order valence-corrected chi connectivity index (χ1v) is 11.7. The van der Waals surface area contributed by atoms with Gasteiger partial charge in [0.25, 0.3) is 0 Å². The highest BCUT2D eigenvalue weighted by atomic mass is 35.5. The lowest BCUT2D eigenvalue weighted by Gasteiger charge is -2.25. The zero-order chi connectivity index (χ0) is 24.3. The van der Waals surface area contributed by atoms with Crippen LogP contribution in [0, 0.1) is 0 Å². The van der Waals surface area contributed by atoms with Gasteiger partial charge in [0, 0.05) is 17.4 Å². The van der Waals surface area contributed by atoms with Crippen molar-refractivity contribution in [3.8, 4) is 11.1 Å². The number of carbonyl (C=O) groups excluding carboxylic acids is 2. The smallest absolute Gasteiger partial charge is 0.407 e. The van der Waals surface area contributed by atoms with Crippen LogP contribution in [0.2, 0.25) is 5.02 Å². The summed E-state index contributed by atoms with van der Waals surface area (Å²) < 4.78 is 11.2. The number of nitrogens with one attached hydrogen (secondary N) is 1. The number of benzene rings is 3. The number of esters is 1. The van der Waals surface area contributed by atoms with Crippen molar-refractivity contribution in [1.82, 2.24) is 5.32 Å². The Morgan fingerprint density at radius 3 is 2.03 bits per heavy atom. The average Bonchev–Trinajstić information content (AvgIpc) is 3.11. The molecule has 176 valence electrons. The molecule has 6 heteroatoms. The molecule has 0 spiro atoms. The van der Waals surface area contributed by atoms with Crippen molar-refractivity contribution in [3.63, 3.8) is 0 Å². The van der Waals surface area contributed by atoms with Crippen molar-refractivity contribution in [2.75, 3.05) is 6.61 Å². The number of alkyl carbamates (subject to hydrolysis) is 1. The molecule has 3 aromatic rings. The van der Waals surface area contributed by atoms with Crippen molar-refractivity contribution < 1.29 is 19.1 Å². The van der Waals surface area contributed by atoms with Crippen molar-refractivity contribution in [1.29, 1.82) is 0 Å². The third-order valence-electron chi connectivity index (χ3n) is 5.68. The number of hydrogen-bond donors (Lipinski definition) is 1. The molecule has 0 fully saturated rings. The van der Waals surface area contributed by atoms with Gasteiger partial charge in [0.15, 0.2) is 0 Å². The molecule has 0 aromatic heterocycles. The van der Waals surface area contributed by atoms with Crippen molar-refractivity contribution in [3.05, 3.63) is 94.5 Å². The Morgan fingerprint density at radius 2 is 1.47 bits per heavy atom. The van der Waals surface area contributed by atoms with E-state index in [1.165, 1.54) is 0 Å². The van der Waals surface area contributed by atoms with Crippen molar-refractivity contribution >= 4 is 23.7 Å². The maximum Gasteiger partial charge on any atom is 0.407 e. The van der Waals surface area contributed by atoms with E-state index in [9.17, 15) is 9.59 Å². The largest absolute Gasteiger partial charge is 0.458 e. The summed E-state index contributed by atoms with van der Waals surface area (Å²) in [5, 5.41) is 3.30. The third-order valence-corrected chi connectivity index (χ3v) is 5.93. The van der Waals surface area contributed by atoms with Gasteiger partial charge in [-0.2, -0.15) is 0 Å². The molecule has 4 rings (SSSR count). The fourth-order valence-corrected chi connectivity index (χ4v) is 4.33. The number of hydrogen-bond acceptors (Lipinski definition) is 4. The molecular weight excluding hydrogens is 450 g/mol. The van der Waals surface area contributed by atoms with Gasteiger partial charge in [0.1, 0.15) is 18.2 Å². The van der Waals surface area contributed by atoms with E-state index < -0.39 is 23.7 Å². The molecule has 0 bridgehead atoms. The molecular formula is C28H28ClNO4. The van der Waals surface area contributed by atoms with Crippen molar-refractivity contribution in [2.24, 2.45) is 0 Å². The lowest BCUT2D eigenvalue weighted by atomic mass is 9.98. The molecule has 0 saturated heterocycles. The van der Waals surface area contributed by atoms with Crippen LogP contribution in [0.1, 0.15) is 43.4 Å². The summed E-state index contributed by atoms with van der Waals surface area (Å²) in [6.07, 6.45) is -0.400. The van der Waals surface area contributed by atoms with Crippen LogP contribution < -0.4 is 5.32 Å². The van der Waals surface area contributed by atoms with Crippen LogP contribution in [-0.2, 0) is 20.7 Å². The second-order valence-corrected chi connectivity index (χ2v) is 9.82. The number of rotatable bonds is 6. The number of amides is 1. The normalized spacial score (nSPS) is 13.5. The van der Waals surface area contributed by atoms with E-state index in [4.69, 9.17) is 21.1 Å². The Balaban J connectivity index is 1.46. The van der Waals surface area contributed by atoms with Crippen LogP contribution >= 0.6 is 11.6 Å². The van der Waals surface area contributed by atoms with E-state index in [1.807, 2.05) is 36.4 Å². The predicted molar refractivity (Wildman–Crippen MR) is 133 cm³/mol. The van der Waals surface area contributed by atoms with E-state index in [2.05, 4.69) is 29.6 Å². The first-order valence-electron chi connectivity index (χ1n) is 11.3. The monoisotopic (exact) mass is 477 g/mol. The Hall–Kier alpha value is -3.31. The summed E-state index contributed by atoms with van der Waals surface area (Å²) in [4.78, 5) is 25.6. The lowest BCUT2D eigenvalue weighted by Crippen LogP contribution is -2.46. The van der Waals surface area contributed by atoms with Gasteiger partial charge in [-0.1, -0.05) is 72.3 Å². The van der Waals surface area contributed by atoms with E-state index in [0.717, 1.165) is 27.8 Å². The maximum absolute atomic E-state index is 12.8. The molecule has 1 atom stereocenters. The standard InChI is InChI=1S/C28H28ClNO4/c1-28(2,3)34-26(31)25(16-18-12-14-19(29)15-13-18)30-27(32)33-17-24-22-10-6-4-8-20(22)21-9-5-7-11-23(21)24/h4-15,24-25H,16-17H2,1-3H3,(H,30,32)/t25-/m0/s1. The Labute approximate surface area is 205 Å². The number of carbonyl (C=O) groups is 2. The first kappa shape index (κ1) is 23.8. The van der Waals surface area contributed by atoms with Crippen LogP contribution in [0.25, 0.3) is 11.1 Å². The van der Waals surface area contributed by atoms with Crippen LogP contribution in [0.4, 0.5) is 4.79 Å². The molecule has 1 aliphatic carbocycles. The molecule has 0 radical (unpaired) electrons. The molecule has 1 amide bonds. The summed E-state index contributed by atoms with van der Waals surface area (Å²) in [5.41, 5.74) is 4.72. The van der Waals surface area contributed by atoms with Gasteiger partial charge in [-0.05, 0) is 60.7 Å². The van der Waals surface area contributed by atoms with Crippen LogP contribution in [-0.4, -0.2) is 30.3 Å². The van der Waals surface area contributed by atoms with E-state index in [0.29, 0.717) is 5.02 Å². The predicted octanol–water partition coefficient (Wildman–Crippen LogP) is 6.13. The first-order chi connectivity index (χ1) is 16.2. The van der Waals surface area contributed by atoms with Gasteiger partial charge in [0.05, 0.1) is 0 Å². The Kier molecular flexibility index (Phi) is 6.94. The van der Waals surface area contributed by atoms with Gasteiger partial charge in [-0.15, -0.1) is 0 Å². The molecule has 0 aliphatic heterocycles. The minimum Gasteiger partial charge on any atom is -0.458 e. The average molecular weight is 478 g/mol. The Morgan fingerprint density at radius 1 is 0.912 bits per heavy atom. The number of fused-ring (bicyclic) bond motifs is 3. The van der Waals surface area contributed by atoms with Crippen molar-refractivity contribution in [2.45, 2.75) is 44.8 Å². The molecule has 1 aliphatic rings. The highest BCUT2D eigenvalue weighted by molar-refractivity contribution is 6.30. The molecule has 1 N–H and O–H groups in total. The summed E-state index contributed by atoms with van der Waals surface area (Å²) >= 11 is 5.98. The van der Waals surface area contributed by atoms with Crippen LogP contribution in [0.3, 0.4) is 0 Å². The fourth-order valence-electron chi connectivity index (χ4n) is 4.20. The number of ether oxygens (including phenoxy) is 2. The van der Waals surface area contributed by atoms with Crippen LogP contribution in [0.5, 0.6) is 0 Å². The quantitative estimate of drug-likeness (QED) is 0.433. The molecule has 0 unspecified atom stereocenters. The van der Waals surface area contributed by atoms with Gasteiger partial charge < -0.3 is 14.8 Å². The SMILES string of the molecule is CC(C)(C)OC(=O)[C@H](Cc1ccc(Cl)cc1)NC(=O)OCC1c2ccccc2-c2ccccc21. The zero-order valence-corrected chi connectivity index (χ0v) is 20.3. The highest BCUT2D eigenvalue weighted by Crippen LogP contribution is 2.44. The van der Waals surface area contributed by atoms with Gasteiger partial charge in [-0.3, -0.25) is 0 Å². The minimum absolute atomic E-state index is 0.0607. The van der Waals surface area contributed by atoms with Gasteiger partial charge >= 0.3 is 12.1 Å². The molecule has 34 heavy (non-hydrogen) atoms. The fraction of sp³-hybridized carbons (Fsp3) is 0.286. The molecule has 0 heterocycles. The maximum atomic E-state index is 12.8. The third kappa shape index (κ3) is 5.60. The second-order valence-electron chi connectivity index (χ2n) is 9.39. The Bertz CT molecular complexity index is 1140. The van der Waals surface area contributed by atoms with E-state index in [1.54, 1.807) is 32.9 Å². The molecule has 3 aromatic carbocycles. The summed E-state index contributed by atoms with van der Waals surface area (Å²) in [5.74, 6) is -0.578. The van der Waals surface area contributed by atoms with E-state index in [-0.39, 0.29) is 18.9 Å². The molecule has 5 nitrogen and oxygen atoms in total. The van der Waals surface area contributed by atoms with Gasteiger partial charge in [-0.25, -0.2) is 9.59 Å². The number of halogens is 1. The molecule has 0 saturated carbocycles. The lowest BCUT2D eigenvalue weighted by molar-refractivity contribution is -0.157.